The van der Waals surface area contributed by atoms with Crippen LogP contribution in [0, 0.1) is 12.7 Å². The Labute approximate surface area is 139 Å². The van der Waals surface area contributed by atoms with E-state index in [0.717, 1.165) is 11.1 Å². The van der Waals surface area contributed by atoms with Crippen LogP contribution >= 0.6 is 0 Å². The molecule has 4 heteroatoms. The summed E-state index contributed by atoms with van der Waals surface area (Å²) >= 11 is 0. The molecule has 3 nitrogen and oxygen atoms in total. The third-order valence-electron chi connectivity index (χ3n) is 3.66. The quantitative estimate of drug-likeness (QED) is 0.730. The van der Waals surface area contributed by atoms with Crippen molar-refractivity contribution in [1.29, 1.82) is 0 Å². The van der Waals surface area contributed by atoms with Gasteiger partial charge in [0.15, 0.2) is 0 Å². The van der Waals surface area contributed by atoms with E-state index in [9.17, 15) is 9.18 Å². The largest absolute Gasteiger partial charge is 0.268 e. The average Bonchev–Trinajstić information content (AvgIpc) is 2.59. The van der Waals surface area contributed by atoms with E-state index in [-0.39, 0.29) is 11.4 Å². The summed E-state index contributed by atoms with van der Waals surface area (Å²) in [5.74, 6) is -0.297. The van der Waals surface area contributed by atoms with E-state index in [1.807, 2.05) is 43.3 Å². The first-order valence-electron chi connectivity index (χ1n) is 7.67. The van der Waals surface area contributed by atoms with Crippen LogP contribution in [0.5, 0.6) is 0 Å². The standard InChI is InChI=1S/C20H17FN2O/c1-15-2-4-16(5-3-15)8-11-19-12-13-20(24)23(22-19)14-17-6-9-18(21)10-7-17/h2-13H,14H2,1H3/b11-8+. The predicted molar refractivity (Wildman–Crippen MR) is 94.1 cm³/mol. The highest BCUT2D eigenvalue weighted by molar-refractivity contribution is 5.67. The Morgan fingerprint density at radius 1 is 0.958 bits per heavy atom. The average molecular weight is 320 g/mol. The number of hydrogen-bond acceptors (Lipinski definition) is 2. The molecule has 0 atom stereocenters. The van der Waals surface area contributed by atoms with Crippen molar-refractivity contribution >= 4 is 12.2 Å². The van der Waals surface area contributed by atoms with Gasteiger partial charge in [-0.1, -0.05) is 48.0 Å². The smallest absolute Gasteiger partial charge is 0.267 e. The minimum absolute atomic E-state index is 0.188. The SMILES string of the molecule is Cc1ccc(/C=C/c2ccc(=O)n(Cc3ccc(F)cc3)n2)cc1. The fraction of sp³-hybridized carbons (Fsp3) is 0.100. The minimum atomic E-state index is -0.297. The number of hydrogen-bond donors (Lipinski definition) is 0. The number of nitrogens with zero attached hydrogens (tertiary/aromatic N) is 2. The molecule has 1 heterocycles. The number of aromatic nitrogens is 2. The van der Waals surface area contributed by atoms with Crippen molar-refractivity contribution < 1.29 is 4.39 Å². The molecule has 0 saturated heterocycles. The fourth-order valence-corrected chi connectivity index (χ4v) is 2.29. The molecule has 0 bridgehead atoms. The van der Waals surface area contributed by atoms with Gasteiger partial charge in [0, 0.05) is 6.07 Å². The summed E-state index contributed by atoms with van der Waals surface area (Å²) in [6.45, 7) is 2.35. The van der Waals surface area contributed by atoms with Gasteiger partial charge >= 0.3 is 0 Å². The molecule has 3 aromatic rings. The minimum Gasteiger partial charge on any atom is -0.268 e. The van der Waals surface area contributed by atoms with Crippen molar-refractivity contribution in [2.75, 3.05) is 0 Å². The van der Waals surface area contributed by atoms with E-state index in [1.165, 1.54) is 28.4 Å². The zero-order valence-corrected chi connectivity index (χ0v) is 13.3. The van der Waals surface area contributed by atoms with Crippen LogP contribution < -0.4 is 5.56 Å². The van der Waals surface area contributed by atoms with Crippen molar-refractivity contribution in [3.8, 4) is 0 Å². The first-order valence-corrected chi connectivity index (χ1v) is 7.67. The number of rotatable bonds is 4. The van der Waals surface area contributed by atoms with Crippen molar-refractivity contribution in [2.24, 2.45) is 0 Å². The lowest BCUT2D eigenvalue weighted by Gasteiger charge is -2.05. The van der Waals surface area contributed by atoms with Gasteiger partial charge in [-0.3, -0.25) is 4.79 Å². The van der Waals surface area contributed by atoms with Gasteiger partial charge in [-0.2, -0.15) is 5.10 Å². The maximum Gasteiger partial charge on any atom is 0.267 e. The lowest BCUT2D eigenvalue weighted by Crippen LogP contribution is -2.22. The maximum absolute atomic E-state index is 13.0. The molecule has 3 rings (SSSR count). The Morgan fingerprint density at radius 2 is 1.67 bits per heavy atom. The summed E-state index contributed by atoms with van der Waals surface area (Å²) < 4.78 is 14.3. The molecule has 0 N–H and O–H groups in total. The lowest BCUT2D eigenvalue weighted by atomic mass is 10.1. The van der Waals surface area contributed by atoms with Gasteiger partial charge in [0.2, 0.25) is 0 Å². The molecule has 0 spiro atoms. The Kier molecular flexibility index (Phi) is 4.66. The number of benzene rings is 2. The van der Waals surface area contributed by atoms with Gasteiger partial charge in [0.1, 0.15) is 5.82 Å². The van der Waals surface area contributed by atoms with Crippen LogP contribution in [0.4, 0.5) is 4.39 Å². The first-order chi connectivity index (χ1) is 11.6. The van der Waals surface area contributed by atoms with Gasteiger partial charge in [0.05, 0.1) is 12.2 Å². The van der Waals surface area contributed by atoms with Crippen molar-refractivity contribution in [2.45, 2.75) is 13.5 Å². The van der Waals surface area contributed by atoms with Crippen LogP contribution in [0.2, 0.25) is 0 Å². The van der Waals surface area contributed by atoms with E-state index in [0.29, 0.717) is 12.2 Å². The van der Waals surface area contributed by atoms with Gasteiger partial charge in [-0.25, -0.2) is 9.07 Å². The summed E-state index contributed by atoms with van der Waals surface area (Å²) in [4.78, 5) is 12.0. The monoisotopic (exact) mass is 320 g/mol. The molecule has 120 valence electrons. The summed E-state index contributed by atoms with van der Waals surface area (Å²) in [7, 11) is 0. The maximum atomic E-state index is 13.0. The number of aryl methyl sites for hydroxylation is 1. The van der Waals surface area contributed by atoms with Crippen molar-refractivity contribution in [1.82, 2.24) is 9.78 Å². The van der Waals surface area contributed by atoms with E-state index in [1.54, 1.807) is 18.2 Å². The second-order valence-corrected chi connectivity index (χ2v) is 5.62. The van der Waals surface area contributed by atoms with Crippen molar-refractivity contribution in [3.63, 3.8) is 0 Å². The van der Waals surface area contributed by atoms with Crippen LogP contribution in [0.3, 0.4) is 0 Å². The molecule has 0 aliphatic rings. The highest BCUT2D eigenvalue weighted by Crippen LogP contribution is 2.08. The molecular formula is C20H17FN2O. The molecule has 0 saturated carbocycles. The predicted octanol–water partition coefficient (Wildman–Crippen LogP) is 3.91. The molecule has 1 aromatic heterocycles. The Bertz CT molecular complexity index is 910. The first kappa shape index (κ1) is 15.9. The second kappa shape index (κ2) is 7.04. The zero-order chi connectivity index (χ0) is 16.9. The summed E-state index contributed by atoms with van der Waals surface area (Å²) in [6, 6.07) is 17.4. The molecule has 0 aliphatic heterocycles. The summed E-state index contributed by atoms with van der Waals surface area (Å²) in [5.41, 5.74) is 3.60. The highest BCUT2D eigenvalue weighted by Gasteiger charge is 2.01. The second-order valence-electron chi connectivity index (χ2n) is 5.62. The third-order valence-corrected chi connectivity index (χ3v) is 3.66. The Hall–Kier alpha value is -3.01. The topological polar surface area (TPSA) is 34.9 Å². The Morgan fingerprint density at radius 3 is 2.38 bits per heavy atom. The molecule has 0 aliphatic carbocycles. The van der Waals surface area contributed by atoms with Crippen LogP contribution in [0.1, 0.15) is 22.4 Å². The van der Waals surface area contributed by atoms with Gasteiger partial charge < -0.3 is 0 Å². The van der Waals surface area contributed by atoms with E-state index in [4.69, 9.17) is 0 Å². The fourth-order valence-electron chi connectivity index (χ4n) is 2.29. The van der Waals surface area contributed by atoms with E-state index >= 15 is 0 Å². The van der Waals surface area contributed by atoms with Gasteiger partial charge in [-0.15, -0.1) is 0 Å². The summed E-state index contributed by atoms with van der Waals surface area (Å²) in [6.07, 6.45) is 3.82. The molecule has 0 radical (unpaired) electrons. The molecular weight excluding hydrogens is 303 g/mol. The van der Waals surface area contributed by atoms with Crippen LogP contribution in [0.25, 0.3) is 12.2 Å². The lowest BCUT2D eigenvalue weighted by molar-refractivity contribution is 0.618. The van der Waals surface area contributed by atoms with Crippen molar-refractivity contribution in [3.05, 3.63) is 99.2 Å². The Balaban J connectivity index is 1.81. The molecule has 2 aromatic carbocycles. The molecule has 0 fully saturated rings. The highest BCUT2D eigenvalue weighted by atomic mass is 19.1. The van der Waals surface area contributed by atoms with E-state index in [2.05, 4.69) is 5.10 Å². The molecule has 0 unspecified atom stereocenters. The van der Waals surface area contributed by atoms with Crippen LogP contribution in [-0.2, 0) is 6.54 Å². The van der Waals surface area contributed by atoms with Gasteiger partial charge in [-0.05, 0) is 42.3 Å². The van der Waals surface area contributed by atoms with E-state index < -0.39 is 0 Å². The zero-order valence-electron chi connectivity index (χ0n) is 13.3. The summed E-state index contributed by atoms with van der Waals surface area (Å²) in [5, 5.41) is 4.35. The normalized spacial score (nSPS) is 11.1. The van der Waals surface area contributed by atoms with Gasteiger partial charge in [0.25, 0.3) is 5.56 Å². The van der Waals surface area contributed by atoms with Crippen LogP contribution in [-0.4, -0.2) is 9.78 Å². The molecule has 24 heavy (non-hydrogen) atoms. The third kappa shape index (κ3) is 4.04. The molecule has 0 amide bonds. The van der Waals surface area contributed by atoms with Crippen LogP contribution in [0.15, 0.2) is 65.5 Å². The number of halogens is 1.